The van der Waals surface area contributed by atoms with Crippen molar-refractivity contribution in [3.63, 3.8) is 0 Å². The van der Waals surface area contributed by atoms with Crippen LogP contribution < -0.4 is 4.74 Å². The highest BCUT2D eigenvalue weighted by Crippen LogP contribution is 2.34. The van der Waals surface area contributed by atoms with E-state index in [4.69, 9.17) is 9.47 Å². The highest BCUT2D eigenvalue weighted by Gasteiger charge is 2.28. The summed E-state index contributed by atoms with van der Waals surface area (Å²) in [6.07, 6.45) is 2.13. The SMILES string of the molecule is CCn1ncc(C(=O)c2ccc(S(C)(=O)=O)c(OC3COC3)c2C)c1O. The van der Waals surface area contributed by atoms with Crippen LogP contribution in [-0.4, -0.2) is 54.7 Å². The molecule has 0 spiro atoms. The van der Waals surface area contributed by atoms with Crippen molar-refractivity contribution in [1.29, 1.82) is 0 Å². The normalized spacial score (nSPS) is 14.9. The Bertz CT molecular complexity index is 960. The predicted molar refractivity (Wildman–Crippen MR) is 92.5 cm³/mol. The Morgan fingerprint density at radius 1 is 1.38 bits per heavy atom. The number of benzene rings is 1. The number of sulfone groups is 1. The maximum atomic E-state index is 12.9. The third-order valence-electron chi connectivity index (χ3n) is 4.26. The van der Waals surface area contributed by atoms with Gasteiger partial charge in [0.25, 0.3) is 0 Å². The first-order valence-corrected chi connectivity index (χ1v) is 10.0. The molecule has 1 aromatic heterocycles. The van der Waals surface area contributed by atoms with Crippen LogP contribution in [-0.2, 0) is 21.1 Å². The van der Waals surface area contributed by atoms with Gasteiger partial charge in [0.2, 0.25) is 5.88 Å². The summed E-state index contributed by atoms with van der Waals surface area (Å²) in [5.41, 5.74) is 0.701. The molecule has 2 heterocycles. The molecule has 9 heteroatoms. The van der Waals surface area contributed by atoms with Crippen molar-refractivity contribution in [2.45, 2.75) is 31.4 Å². The molecule has 1 saturated heterocycles. The second kappa shape index (κ2) is 6.73. The van der Waals surface area contributed by atoms with Gasteiger partial charge in [0.15, 0.2) is 15.6 Å². The van der Waals surface area contributed by atoms with Crippen LogP contribution in [0.25, 0.3) is 0 Å². The van der Waals surface area contributed by atoms with Crippen molar-refractivity contribution >= 4 is 15.6 Å². The van der Waals surface area contributed by atoms with Crippen molar-refractivity contribution in [1.82, 2.24) is 9.78 Å². The Morgan fingerprint density at radius 3 is 2.58 bits per heavy atom. The van der Waals surface area contributed by atoms with E-state index in [0.29, 0.717) is 25.3 Å². The maximum Gasteiger partial charge on any atom is 0.220 e. The fourth-order valence-electron chi connectivity index (χ4n) is 2.72. The van der Waals surface area contributed by atoms with Crippen molar-refractivity contribution in [3.8, 4) is 11.6 Å². The fourth-order valence-corrected chi connectivity index (χ4v) is 3.57. The minimum absolute atomic E-state index is 0.0203. The van der Waals surface area contributed by atoms with E-state index in [9.17, 15) is 18.3 Å². The van der Waals surface area contributed by atoms with Gasteiger partial charge in [0.1, 0.15) is 22.3 Å². The van der Waals surface area contributed by atoms with Crippen LogP contribution in [0.1, 0.15) is 28.4 Å². The number of ketones is 1. The Morgan fingerprint density at radius 2 is 2.08 bits per heavy atom. The van der Waals surface area contributed by atoms with E-state index in [0.717, 1.165) is 6.26 Å². The third kappa shape index (κ3) is 3.19. The summed E-state index contributed by atoms with van der Waals surface area (Å²) in [5.74, 6) is -0.526. The van der Waals surface area contributed by atoms with Gasteiger partial charge in [-0.1, -0.05) is 0 Å². The van der Waals surface area contributed by atoms with Gasteiger partial charge in [0, 0.05) is 23.9 Å². The van der Waals surface area contributed by atoms with Gasteiger partial charge in [-0.3, -0.25) is 4.79 Å². The first-order valence-electron chi connectivity index (χ1n) is 8.11. The van der Waals surface area contributed by atoms with E-state index in [-0.39, 0.29) is 33.8 Å². The first kappa shape index (κ1) is 18.4. The van der Waals surface area contributed by atoms with Crippen LogP contribution >= 0.6 is 0 Å². The number of nitrogens with zero attached hydrogens (tertiary/aromatic N) is 2. The predicted octanol–water partition coefficient (Wildman–Crippen LogP) is 1.33. The molecule has 0 amide bonds. The monoisotopic (exact) mass is 380 g/mol. The molecule has 3 rings (SSSR count). The van der Waals surface area contributed by atoms with Crippen LogP contribution in [0.2, 0.25) is 0 Å². The van der Waals surface area contributed by atoms with E-state index in [1.807, 2.05) is 0 Å². The van der Waals surface area contributed by atoms with Crippen LogP contribution in [0, 0.1) is 6.92 Å². The molecule has 1 aliphatic heterocycles. The second-order valence-corrected chi connectivity index (χ2v) is 8.13. The number of aromatic hydroxyl groups is 1. The third-order valence-corrected chi connectivity index (χ3v) is 5.38. The summed E-state index contributed by atoms with van der Waals surface area (Å²) in [6.45, 7) is 4.56. The molecule has 140 valence electrons. The maximum absolute atomic E-state index is 12.9. The van der Waals surface area contributed by atoms with Crippen molar-refractivity contribution in [3.05, 3.63) is 35.0 Å². The van der Waals surface area contributed by atoms with E-state index in [1.165, 1.54) is 23.0 Å². The summed E-state index contributed by atoms with van der Waals surface area (Å²) in [6, 6.07) is 2.78. The Balaban J connectivity index is 2.08. The zero-order valence-corrected chi connectivity index (χ0v) is 15.5. The zero-order chi connectivity index (χ0) is 19.1. The smallest absolute Gasteiger partial charge is 0.220 e. The number of carbonyl (C=O) groups excluding carboxylic acids is 1. The minimum atomic E-state index is -3.54. The summed E-state index contributed by atoms with van der Waals surface area (Å²) in [4.78, 5) is 12.9. The number of aryl methyl sites for hydroxylation is 1. The number of hydrogen-bond acceptors (Lipinski definition) is 7. The highest BCUT2D eigenvalue weighted by molar-refractivity contribution is 7.90. The van der Waals surface area contributed by atoms with Gasteiger partial charge >= 0.3 is 0 Å². The zero-order valence-electron chi connectivity index (χ0n) is 14.7. The molecule has 0 bridgehead atoms. The topological polar surface area (TPSA) is 108 Å². The van der Waals surface area contributed by atoms with Gasteiger partial charge in [-0.2, -0.15) is 5.10 Å². The average Bonchev–Trinajstić information content (AvgIpc) is 2.90. The number of aromatic nitrogens is 2. The van der Waals surface area contributed by atoms with Crippen LogP contribution in [0.15, 0.2) is 23.2 Å². The minimum Gasteiger partial charge on any atom is -0.493 e. The van der Waals surface area contributed by atoms with Crippen molar-refractivity contribution in [2.75, 3.05) is 19.5 Å². The van der Waals surface area contributed by atoms with Gasteiger partial charge < -0.3 is 14.6 Å². The lowest BCUT2D eigenvalue weighted by Crippen LogP contribution is -2.39. The Hall–Kier alpha value is -2.39. The highest BCUT2D eigenvalue weighted by atomic mass is 32.2. The molecule has 26 heavy (non-hydrogen) atoms. The number of hydrogen-bond donors (Lipinski definition) is 1. The van der Waals surface area contributed by atoms with Gasteiger partial charge in [-0.25, -0.2) is 13.1 Å². The molecular formula is C17H20N2O6S. The summed E-state index contributed by atoms with van der Waals surface area (Å²) < 4.78 is 36.3. The van der Waals surface area contributed by atoms with Crippen LogP contribution in [0.5, 0.6) is 11.6 Å². The molecule has 0 saturated carbocycles. The van der Waals surface area contributed by atoms with Gasteiger partial charge in [-0.05, 0) is 26.0 Å². The van der Waals surface area contributed by atoms with Gasteiger partial charge in [-0.15, -0.1) is 0 Å². The molecule has 1 aliphatic rings. The molecule has 1 fully saturated rings. The molecule has 0 unspecified atom stereocenters. The second-order valence-electron chi connectivity index (χ2n) is 6.14. The molecule has 0 aliphatic carbocycles. The largest absolute Gasteiger partial charge is 0.493 e. The lowest BCUT2D eigenvalue weighted by atomic mass is 10.00. The standard InChI is InChI=1S/C17H20N2O6S/c1-4-19-17(21)13(7-18-19)15(20)12-5-6-14(26(3,22)23)16(10(12)2)25-11-8-24-9-11/h5-7,11,21H,4,8-9H2,1-3H3. The Kier molecular flexibility index (Phi) is 4.76. The number of carbonyl (C=O) groups is 1. The first-order chi connectivity index (χ1) is 12.2. The van der Waals surface area contributed by atoms with Crippen LogP contribution in [0.3, 0.4) is 0 Å². The lowest BCUT2D eigenvalue weighted by molar-refractivity contribution is -0.0809. The number of rotatable bonds is 6. The summed E-state index contributed by atoms with van der Waals surface area (Å²) in [5, 5.41) is 14.1. The molecule has 0 radical (unpaired) electrons. The lowest BCUT2D eigenvalue weighted by Gasteiger charge is -2.28. The molecule has 2 aromatic rings. The van der Waals surface area contributed by atoms with E-state index >= 15 is 0 Å². The molecular weight excluding hydrogens is 360 g/mol. The van der Waals surface area contributed by atoms with Crippen molar-refractivity contribution in [2.24, 2.45) is 0 Å². The average molecular weight is 380 g/mol. The van der Waals surface area contributed by atoms with E-state index in [1.54, 1.807) is 13.8 Å². The molecule has 1 aromatic carbocycles. The Labute approximate surface area is 151 Å². The van der Waals surface area contributed by atoms with Crippen LogP contribution in [0.4, 0.5) is 0 Å². The van der Waals surface area contributed by atoms with E-state index in [2.05, 4.69) is 5.10 Å². The quantitative estimate of drug-likeness (QED) is 0.753. The fraction of sp³-hybridized carbons (Fsp3) is 0.412. The van der Waals surface area contributed by atoms with E-state index < -0.39 is 15.6 Å². The molecule has 0 atom stereocenters. The molecule has 1 N–H and O–H groups in total. The number of ether oxygens (including phenoxy) is 2. The van der Waals surface area contributed by atoms with Gasteiger partial charge in [0.05, 0.1) is 19.4 Å². The summed E-state index contributed by atoms with van der Waals surface area (Å²) >= 11 is 0. The summed E-state index contributed by atoms with van der Waals surface area (Å²) in [7, 11) is -3.54. The van der Waals surface area contributed by atoms with Crippen molar-refractivity contribution < 1.29 is 27.8 Å². The molecule has 8 nitrogen and oxygen atoms in total.